The Kier molecular flexibility index (Phi) is 8.21. The molecule has 4 N–H and O–H groups in total. The fourth-order valence-corrected chi connectivity index (χ4v) is 10.2. The van der Waals surface area contributed by atoms with Gasteiger partial charge in [-0.1, -0.05) is 6.07 Å². The first-order valence-corrected chi connectivity index (χ1v) is 19.1. The van der Waals surface area contributed by atoms with Crippen molar-refractivity contribution in [3.8, 4) is 11.4 Å². The number of nitrogens with one attached hydrogen (secondary N) is 2. The van der Waals surface area contributed by atoms with E-state index in [4.69, 9.17) is 15.5 Å². The van der Waals surface area contributed by atoms with E-state index in [1.807, 2.05) is 25.1 Å². The van der Waals surface area contributed by atoms with Crippen LogP contribution in [0.1, 0.15) is 63.4 Å². The lowest BCUT2D eigenvalue weighted by molar-refractivity contribution is -0.139. The highest BCUT2D eigenvalue weighted by molar-refractivity contribution is 6.00. The van der Waals surface area contributed by atoms with Gasteiger partial charge in [-0.25, -0.2) is 4.98 Å². The minimum Gasteiger partial charge on any atom is -0.494 e. The molecule has 6 fully saturated rings. The molecule has 5 saturated carbocycles. The van der Waals surface area contributed by atoms with Crippen molar-refractivity contribution in [3.63, 3.8) is 0 Å². The maximum absolute atomic E-state index is 13.6. The second kappa shape index (κ2) is 12.9. The molecule has 2 aromatic heterocycles. The van der Waals surface area contributed by atoms with Gasteiger partial charge in [0.25, 0.3) is 5.56 Å². The molecule has 3 heterocycles. The summed E-state index contributed by atoms with van der Waals surface area (Å²) in [7, 11) is 1.63. The number of fused-ring (bicyclic) bond motifs is 1. The molecule has 12 nitrogen and oxygen atoms in total. The Balaban J connectivity index is 0.900. The van der Waals surface area contributed by atoms with Crippen LogP contribution in [0.4, 0.5) is 23.0 Å². The van der Waals surface area contributed by atoms with Crippen molar-refractivity contribution in [1.82, 2.24) is 19.4 Å². The van der Waals surface area contributed by atoms with E-state index in [0.29, 0.717) is 53.2 Å². The number of aryl methyl sites for hydroxylation is 1. The molecule has 0 spiro atoms. The molecule has 276 valence electrons. The van der Waals surface area contributed by atoms with E-state index in [2.05, 4.69) is 25.4 Å². The monoisotopic (exact) mass is 716 g/mol. The number of carbonyl (C=O) groups excluding carboxylic acids is 2. The smallest absolute Gasteiger partial charge is 0.257 e. The first-order valence-electron chi connectivity index (χ1n) is 19.1. The zero-order chi connectivity index (χ0) is 36.5. The van der Waals surface area contributed by atoms with Crippen molar-refractivity contribution in [2.24, 2.45) is 28.9 Å². The van der Waals surface area contributed by atoms with Crippen molar-refractivity contribution in [2.45, 2.75) is 70.3 Å². The molecule has 4 aromatic rings. The summed E-state index contributed by atoms with van der Waals surface area (Å²) >= 11 is 0. The van der Waals surface area contributed by atoms with Crippen molar-refractivity contribution in [3.05, 3.63) is 70.6 Å². The van der Waals surface area contributed by atoms with Crippen LogP contribution in [0.3, 0.4) is 0 Å². The fourth-order valence-electron chi connectivity index (χ4n) is 10.2. The third-order valence-corrected chi connectivity index (χ3v) is 12.7. The van der Waals surface area contributed by atoms with Gasteiger partial charge >= 0.3 is 0 Å². The summed E-state index contributed by atoms with van der Waals surface area (Å²) in [5, 5.41) is 6.92. The number of anilines is 4. The highest BCUT2D eigenvalue weighted by Crippen LogP contribution is 2.61. The average Bonchev–Trinajstić information content (AvgIpc) is 3.89. The van der Waals surface area contributed by atoms with E-state index in [1.54, 1.807) is 43.6 Å². The van der Waals surface area contributed by atoms with Gasteiger partial charge in [-0.3, -0.25) is 19.0 Å². The lowest BCUT2D eigenvalue weighted by Crippen LogP contribution is -2.52. The van der Waals surface area contributed by atoms with Gasteiger partial charge in [0, 0.05) is 67.7 Å². The summed E-state index contributed by atoms with van der Waals surface area (Å²) < 4.78 is 7.35. The zero-order valence-electron chi connectivity index (χ0n) is 30.6. The summed E-state index contributed by atoms with van der Waals surface area (Å²) in [4.78, 5) is 53.5. The molecule has 0 radical (unpaired) electrons. The lowest BCUT2D eigenvalue weighted by Gasteiger charge is -2.57. The number of carbonyl (C=O) groups is 2. The van der Waals surface area contributed by atoms with Gasteiger partial charge in [-0.15, -0.1) is 0 Å². The molecule has 5 aliphatic carbocycles. The van der Waals surface area contributed by atoms with Gasteiger partial charge in [0.2, 0.25) is 17.8 Å². The first-order chi connectivity index (χ1) is 25.6. The highest BCUT2D eigenvalue weighted by atomic mass is 16.5. The molecule has 2 aromatic carbocycles. The molecular formula is C41H48N8O4. The van der Waals surface area contributed by atoms with E-state index < -0.39 is 5.54 Å². The van der Waals surface area contributed by atoms with Gasteiger partial charge in [0.05, 0.1) is 24.0 Å². The largest absolute Gasteiger partial charge is 0.494 e. The number of amides is 2. The van der Waals surface area contributed by atoms with Crippen LogP contribution in [-0.2, 0) is 9.59 Å². The number of piperazine rings is 1. The third kappa shape index (κ3) is 6.40. The molecule has 0 atom stereocenters. The van der Waals surface area contributed by atoms with E-state index in [1.165, 1.54) is 43.1 Å². The van der Waals surface area contributed by atoms with Gasteiger partial charge < -0.3 is 30.9 Å². The molecule has 6 aliphatic rings. The summed E-state index contributed by atoms with van der Waals surface area (Å²) in [6, 6.07) is 14.7. The molecule has 2 amide bonds. The van der Waals surface area contributed by atoms with Crippen LogP contribution in [0, 0.1) is 30.1 Å². The maximum atomic E-state index is 13.6. The highest BCUT2D eigenvalue weighted by Gasteiger charge is 2.52. The van der Waals surface area contributed by atoms with E-state index in [0.717, 1.165) is 67.0 Å². The number of rotatable bonds is 9. The number of ether oxygens (including phenoxy) is 1. The second-order valence-electron chi connectivity index (χ2n) is 16.6. The Morgan fingerprint density at radius 3 is 2.34 bits per heavy atom. The van der Waals surface area contributed by atoms with Crippen molar-refractivity contribution in [2.75, 3.05) is 48.8 Å². The van der Waals surface area contributed by atoms with Gasteiger partial charge in [0.15, 0.2) is 5.65 Å². The van der Waals surface area contributed by atoms with Crippen molar-refractivity contribution >= 4 is 45.9 Å². The van der Waals surface area contributed by atoms with Crippen LogP contribution in [0.15, 0.2) is 59.5 Å². The Morgan fingerprint density at radius 1 is 0.943 bits per heavy atom. The van der Waals surface area contributed by atoms with Crippen molar-refractivity contribution < 1.29 is 14.3 Å². The number of methoxy groups -OCH3 is 1. The number of nitrogens with two attached hydrogens (primary N) is 1. The van der Waals surface area contributed by atoms with Crippen LogP contribution in [0.25, 0.3) is 16.7 Å². The molecule has 4 bridgehead atoms. The minimum absolute atomic E-state index is 0.232. The third-order valence-electron chi connectivity index (χ3n) is 12.7. The van der Waals surface area contributed by atoms with Crippen LogP contribution < -0.4 is 31.6 Å². The predicted molar refractivity (Wildman–Crippen MR) is 205 cm³/mol. The predicted octanol–water partition coefficient (Wildman–Crippen LogP) is 5.53. The summed E-state index contributed by atoms with van der Waals surface area (Å²) in [5.41, 5.74) is 9.28. The zero-order valence-corrected chi connectivity index (χ0v) is 30.6. The molecule has 1 saturated heterocycles. The second-order valence-corrected chi connectivity index (χ2v) is 16.6. The quantitative estimate of drug-likeness (QED) is 0.204. The molecule has 0 unspecified atom stereocenters. The standard InChI is InChI=1S/C41H48N8O4/c1-25-14-35(50)49(31-5-3-4-29(18-31)44-38(52)41(42)8-9-41)37-32(25)24-43-39(46-37)45-33-7-6-30(19-34(33)53-2)47-10-12-48(13-11-47)36(51)23-40-20-26-15-27(21-40)17-28(16-26)22-40/h3-7,14,18-19,24,26-28H,8-13,15-17,20-23,42H2,1-2H3,(H,44,52)(H,43,45,46). The molecule has 1 aliphatic heterocycles. The van der Waals surface area contributed by atoms with Crippen LogP contribution in [-0.4, -0.2) is 70.1 Å². The average molecular weight is 717 g/mol. The van der Waals surface area contributed by atoms with Gasteiger partial charge in [0.1, 0.15) is 5.75 Å². The van der Waals surface area contributed by atoms with Crippen LogP contribution in [0.2, 0.25) is 0 Å². The van der Waals surface area contributed by atoms with Crippen LogP contribution >= 0.6 is 0 Å². The SMILES string of the molecule is COc1cc(N2CCN(C(=O)CC34CC5CC(CC(C5)C3)C4)CC2)ccc1Nc1ncc2c(C)cc(=O)n(-c3cccc(NC(=O)C4(N)CC4)c3)c2n1. The summed E-state index contributed by atoms with van der Waals surface area (Å²) in [6.07, 6.45) is 11.7. The number of hydrogen-bond donors (Lipinski definition) is 3. The van der Waals surface area contributed by atoms with Crippen molar-refractivity contribution in [1.29, 1.82) is 0 Å². The normalized spacial score (nSPS) is 25.4. The number of aromatic nitrogens is 3. The number of pyridine rings is 1. The molecule has 12 heteroatoms. The van der Waals surface area contributed by atoms with Gasteiger partial charge in [-0.05, 0) is 117 Å². The van der Waals surface area contributed by atoms with E-state index in [-0.39, 0.29) is 16.9 Å². The first kappa shape index (κ1) is 33.8. The molecular weight excluding hydrogens is 669 g/mol. The topological polar surface area (TPSA) is 148 Å². The Labute approximate surface area is 309 Å². The van der Waals surface area contributed by atoms with Crippen LogP contribution in [0.5, 0.6) is 5.75 Å². The Bertz CT molecular complexity index is 2130. The summed E-state index contributed by atoms with van der Waals surface area (Å²) in [6.45, 7) is 4.85. The minimum atomic E-state index is -0.820. The van der Waals surface area contributed by atoms with Gasteiger partial charge in [-0.2, -0.15) is 4.98 Å². The molecule has 10 rings (SSSR count). The number of benzene rings is 2. The maximum Gasteiger partial charge on any atom is 0.257 e. The van der Waals surface area contributed by atoms with E-state index in [9.17, 15) is 14.4 Å². The number of hydrogen-bond acceptors (Lipinski definition) is 9. The fraction of sp³-hybridized carbons (Fsp3) is 0.488. The summed E-state index contributed by atoms with van der Waals surface area (Å²) in [5.74, 6) is 3.61. The molecule has 53 heavy (non-hydrogen) atoms. The Hall–Kier alpha value is -4.97. The Morgan fingerprint density at radius 2 is 1.66 bits per heavy atom. The lowest BCUT2D eigenvalue weighted by atomic mass is 9.49. The number of nitrogens with zero attached hydrogens (tertiary/aromatic N) is 5. The van der Waals surface area contributed by atoms with E-state index >= 15 is 0 Å².